The normalized spacial score (nSPS) is 19.0. The Labute approximate surface area is 163 Å². The lowest BCUT2D eigenvalue weighted by Crippen LogP contribution is -2.37. The zero-order valence-electron chi connectivity index (χ0n) is 17.5. The first-order valence-electron chi connectivity index (χ1n) is 11.4. The molecule has 0 aromatic heterocycles. The van der Waals surface area contributed by atoms with Gasteiger partial charge in [0.25, 0.3) is 0 Å². The maximum Gasteiger partial charge on any atom is 0.106 e. The first-order chi connectivity index (χ1) is 12.8. The zero-order valence-corrected chi connectivity index (χ0v) is 17.5. The molecule has 0 saturated heterocycles. The smallest absolute Gasteiger partial charge is 0.106 e. The van der Waals surface area contributed by atoms with Gasteiger partial charge in [-0.3, -0.25) is 9.89 Å². The highest BCUT2D eigenvalue weighted by Crippen LogP contribution is 2.17. The average molecular weight is 365 g/mol. The third-order valence-corrected chi connectivity index (χ3v) is 5.41. The average Bonchev–Trinajstić information content (AvgIpc) is 3.10. The van der Waals surface area contributed by atoms with Crippen LogP contribution in [0.25, 0.3) is 0 Å². The second kappa shape index (κ2) is 16.5. The second-order valence-electron chi connectivity index (χ2n) is 7.87. The third-order valence-electron chi connectivity index (χ3n) is 5.41. The highest BCUT2D eigenvalue weighted by molar-refractivity contribution is 5.62. The minimum Gasteiger partial charge on any atom is -0.379 e. The Hall–Kier alpha value is -0.670. The van der Waals surface area contributed by atoms with Crippen molar-refractivity contribution in [3.63, 3.8) is 0 Å². The van der Waals surface area contributed by atoms with Crippen LogP contribution in [0.1, 0.15) is 110 Å². The molecule has 1 rings (SSSR count). The van der Waals surface area contributed by atoms with Gasteiger partial charge in [0.1, 0.15) is 12.4 Å². The molecule has 1 N–H and O–H groups in total. The molecule has 0 bridgehead atoms. The first-order valence-corrected chi connectivity index (χ1v) is 11.4. The van der Waals surface area contributed by atoms with Gasteiger partial charge < -0.3 is 5.11 Å². The van der Waals surface area contributed by atoms with E-state index in [0.29, 0.717) is 0 Å². The molecule has 1 aliphatic rings. The van der Waals surface area contributed by atoms with Crippen molar-refractivity contribution in [2.45, 2.75) is 123 Å². The summed E-state index contributed by atoms with van der Waals surface area (Å²) in [6.07, 6.45) is 26.5. The molecule has 2 unspecified atom stereocenters. The molecule has 0 spiro atoms. The van der Waals surface area contributed by atoms with Crippen molar-refractivity contribution in [2.24, 2.45) is 4.99 Å². The van der Waals surface area contributed by atoms with Gasteiger partial charge in [0, 0.05) is 12.8 Å². The number of aliphatic imine (C=N–C) groups is 1. The standard InChI is InChI=1S/C23H44N2O/c1-3-4-5-6-7-8-9-10-11-12-13-14-15-16-17-18-19-23-24-20-21-25(23)22(2)26/h14-15,20,22-23,26H,3-13,16-19,21H2,1-2H3/b15-14+. The van der Waals surface area contributed by atoms with Crippen LogP contribution >= 0.6 is 0 Å². The highest BCUT2D eigenvalue weighted by Gasteiger charge is 2.23. The van der Waals surface area contributed by atoms with Crippen LogP contribution < -0.4 is 0 Å². The second-order valence-corrected chi connectivity index (χ2v) is 7.87. The molecule has 0 aromatic carbocycles. The Morgan fingerprint density at radius 2 is 1.46 bits per heavy atom. The summed E-state index contributed by atoms with van der Waals surface area (Å²) in [5.74, 6) is 0. The maximum atomic E-state index is 9.69. The van der Waals surface area contributed by atoms with Gasteiger partial charge in [-0.15, -0.1) is 0 Å². The SMILES string of the molecule is CCCCCCCCCCCC/C=C/CCCCC1N=CCN1C(C)O. The van der Waals surface area contributed by atoms with Crippen molar-refractivity contribution in [2.75, 3.05) is 6.54 Å². The van der Waals surface area contributed by atoms with E-state index in [0.717, 1.165) is 13.0 Å². The van der Waals surface area contributed by atoms with Gasteiger partial charge >= 0.3 is 0 Å². The summed E-state index contributed by atoms with van der Waals surface area (Å²) < 4.78 is 0. The number of hydrogen-bond donors (Lipinski definition) is 1. The van der Waals surface area contributed by atoms with Crippen LogP contribution in [0, 0.1) is 0 Å². The number of aliphatic hydroxyl groups excluding tert-OH is 1. The van der Waals surface area contributed by atoms with Crippen molar-refractivity contribution in [3.05, 3.63) is 12.2 Å². The molecule has 0 radical (unpaired) electrons. The zero-order chi connectivity index (χ0) is 18.9. The lowest BCUT2D eigenvalue weighted by molar-refractivity contribution is 0.00715. The number of aliphatic hydroxyl groups is 1. The molecule has 2 atom stereocenters. The van der Waals surface area contributed by atoms with Gasteiger partial charge in [0.05, 0.1) is 0 Å². The molecule has 0 aliphatic carbocycles. The Kier molecular flexibility index (Phi) is 14.8. The largest absolute Gasteiger partial charge is 0.379 e. The Bertz CT molecular complexity index is 365. The van der Waals surface area contributed by atoms with Gasteiger partial charge in [-0.05, 0) is 45.4 Å². The molecule has 0 aromatic rings. The number of nitrogens with zero attached hydrogens (tertiary/aromatic N) is 2. The van der Waals surface area contributed by atoms with Crippen molar-refractivity contribution >= 4 is 6.21 Å². The summed E-state index contributed by atoms with van der Waals surface area (Å²) in [6.45, 7) is 4.91. The van der Waals surface area contributed by atoms with Gasteiger partial charge in [-0.2, -0.15) is 0 Å². The minimum atomic E-state index is -0.386. The number of hydrogen-bond acceptors (Lipinski definition) is 3. The van der Waals surface area contributed by atoms with Crippen LogP contribution in [0.2, 0.25) is 0 Å². The highest BCUT2D eigenvalue weighted by atomic mass is 16.3. The van der Waals surface area contributed by atoms with E-state index in [9.17, 15) is 5.11 Å². The molecule has 0 fully saturated rings. The minimum absolute atomic E-state index is 0.200. The van der Waals surface area contributed by atoms with E-state index in [4.69, 9.17) is 0 Å². The molecule has 0 saturated carbocycles. The van der Waals surface area contributed by atoms with E-state index in [1.54, 1.807) is 0 Å². The van der Waals surface area contributed by atoms with Crippen molar-refractivity contribution in [3.8, 4) is 0 Å². The van der Waals surface area contributed by atoms with E-state index in [1.807, 2.05) is 13.1 Å². The molecule has 152 valence electrons. The predicted molar refractivity (Wildman–Crippen MR) is 115 cm³/mol. The first kappa shape index (κ1) is 23.4. The van der Waals surface area contributed by atoms with E-state index < -0.39 is 0 Å². The lowest BCUT2D eigenvalue weighted by atomic mass is 10.1. The molecular formula is C23H44N2O. The van der Waals surface area contributed by atoms with E-state index in [1.165, 1.54) is 89.9 Å². The van der Waals surface area contributed by atoms with E-state index in [-0.39, 0.29) is 12.4 Å². The fourth-order valence-corrected chi connectivity index (χ4v) is 3.69. The molecule has 1 aliphatic heterocycles. The predicted octanol–water partition coefficient (Wildman–Crippen LogP) is 6.46. The molecular weight excluding hydrogens is 320 g/mol. The summed E-state index contributed by atoms with van der Waals surface area (Å²) in [5.41, 5.74) is 0. The maximum absolute atomic E-state index is 9.69. The van der Waals surface area contributed by atoms with Gasteiger partial charge in [-0.1, -0.05) is 76.9 Å². The summed E-state index contributed by atoms with van der Waals surface area (Å²) in [4.78, 5) is 6.53. The molecule has 0 amide bonds. The van der Waals surface area contributed by atoms with Crippen molar-refractivity contribution in [1.82, 2.24) is 4.90 Å². The number of unbranched alkanes of at least 4 members (excludes halogenated alkanes) is 12. The molecule has 1 heterocycles. The summed E-state index contributed by atoms with van der Waals surface area (Å²) in [7, 11) is 0. The van der Waals surface area contributed by atoms with Gasteiger partial charge in [-0.25, -0.2) is 0 Å². The third kappa shape index (κ3) is 11.9. The number of allylic oxidation sites excluding steroid dienone is 2. The van der Waals surface area contributed by atoms with Gasteiger partial charge in [0.2, 0.25) is 0 Å². The van der Waals surface area contributed by atoms with E-state index >= 15 is 0 Å². The Morgan fingerprint density at radius 3 is 2.04 bits per heavy atom. The molecule has 3 nitrogen and oxygen atoms in total. The van der Waals surface area contributed by atoms with Crippen molar-refractivity contribution < 1.29 is 5.11 Å². The van der Waals surface area contributed by atoms with Crippen LogP contribution in [0.3, 0.4) is 0 Å². The summed E-state index contributed by atoms with van der Waals surface area (Å²) >= 11 is 0. The summed E-state index contributed by atoms with van der Waals surface area (Å²) in [5, 5.41) is 9.69. The number of rotatable bonds is 17. The van der Waals surface area contributed by atoms with Crippen LogP contribution in [0.15, 0.2) is 17.1 Å². The Balaban J connectivity index is 1.82. The monoisotopic (exact) mass is 364 g/mol. The quantitative estimate of drug-likeness (QED) is 0.237. The lowest BCUT2D eigenvalue weighted by Gasteiger charge is -2.25. The fourth-order valence-electron chi connectivity index (χ4n) is 3.69. The Morgan fingerprint density at radius 1 is 0.923 bits per heavy atom. The van der Waals surface area contributed by atoms with Crippen molar-refractivity contribution in [1.29, 1.82) is 0 Å². The van der Waals surface area contributed by atoms with Crippen LogP contribution in [-0.4, -0.2) is 35.2 Å². The fraction of sp³-hybridized carbons (Fsp3) is 0.870. The topological polar surface area (TPSA) is 35.8 Å². The van der Waals surface area contributed by atoms with Gasteiger partial charge in [0.15, 0.2) is 0 Å². The van der Waals surface area contributed by atoms with Crippen LogP contribution in [0.5, 0.6) is 0 Å². The molecule has 26 heavy (non-hydrogen) atoms. The summed E-state index contributed by atoms with van der Waals surface area (Å²) in [6, 6.07) is 0. The van der Waals surface area contributed by atoms with Crippen LogP contribution in [0.4, 0.5) is 0 Å². The van der Waals surface area contributed by atoms with E-state index in [2.05, 4.69) is 29.0 Å². The molecule has 3 heteroatoms. The van der Waals surface area contributed by atoms with Crippen LogP contribution in [-0.2, 0) is 0 Å².